The van der Waals surface area contributed by atoms with E-state index in [-0.39, 0.29) is 11.0 Å². The summed E-state index contributed by atoms with van der Waals surface area (Å²) in [5.74, 6) is 0.940. The number of hydrogen-bond acceptors (Lipinski definition) is 1. The second-order valence-electron chi connectivity index (χ2n) is 5.93. The van der Waals surface area contributed by atoms with E-state index in [0.29, 0.717) is 10.0 Å². The summed E-state index contributed by atoms with van der Waals surface area (Å²) in [6, 6.07) is 11.5. The number of fused-ring (bicyclic) bond motifs is 1. The van der Waals surface area contributed by atoms with Gasteiger partial charge in [0.05, 0.1) is 5.38 Å². The van der Waals surface area contributed by atoms with Gasteiger partial charge in [0.1, 0.15) is 11.4 Å². The molecule has 1 aliphatic heterocycles. The van der Waals surface area contributed by atoms with Crippen molar-refractivity contribution in [2.75, 3.05) is 0 Å². The molecule has 0 aromatic heterocycles. The molecule has 1 aliphatic rings. The summed E-state index contributed by atoms with van der Waals surface area (Å²) >= 11 is 18.8. The predicted octanol–water partition coefficient (Wildman–Crippen LogP) is 6.04. The van der Waals surface area contributed by atoms with Crippen LogP contribution < -0.4 is 4.74 Å². The van der Waals surface area contributed by atoms with E-state index >= 15 is 0 Å². The van der Waals surface area contributed by atoms with E-state index in [2.05, 4.69) is 19.9 Å². The first-order valence-electron chi connectivity index (χ1n) is 6.76. The summed E-state index contributed by atoms with van der Waals surface area (Å²) in [6.45, 7) is 4.17. The van der Waals surface area contributed by atoms with Crippen molar-refractivity contribution in [3.63, 3.8) is 0 Å². The topological polar surface area (TPSA) is 9.23 Å². The van der Waals surface area contributed by atoms with Crippen LogP contribution >= 0.6 is 34.8 Å². The zero-order valence-corrected chi connectivity index (χ0v) is 14.1. The van der Waals surface area contributed by atoms with Gasteiger partial charge in [0, 0.05) is 16.5 Å². The fourth-order valence-electron chi connectivity index (χ4n) is 2.67. The van der Waals surface area contributed by atoms with E-state index < -0.39 is 0 Å². The van der Waals surface area contributed by atoms with Gasteiger partial charge in [0.2, 0.25) is 0 Å². The van der Waals surface area contributed by atoms with Gasteiger partial charge in [-0.25, -0.2) is 0 Å². The molecular formula is C17H15Cl3O. The fraction of sp³-hybridized carbons (Fsp3) is 0.294. The molecular weight excluding hydrogens is 327 g/mol. The monoisotopic (exact) mass is 340 g/mol. The summed E-state index contributed by atoms with van der Waals surface area (Å²) < 4.78 is 5.89. The lowest BCUT2D eigenvalue weighted by Crippen LogP contribution is -2.24. The Morgan fingerprint density at radius 2 is 1.86 bits per heavy atom. The SMILES string of the molecule is CC1(C)Cc2cc(C(Cl)c3ccc(Cl)cc3Cl)ccc2O1. The molecule has 4 heteroatoms. The number of hydrogen-bond donors (Lipinski definition) is 0. The van der Waals surface area contributed by atoms with Crippen LogP contribution in [-0.4, -0.2) is 5.60 Å². The summed E-state index contributed by atoms with van der Waals surface area (Å²) in [5.41, 5.74) is 2.91. The van der Waals surface area contributed by atoms with Gasteiger partial charge < -0.3 is 4.74 Å². The third-order valence-electron chi connectivity index (χ3n) is 3.62. The molecule has 0 fully saturated rings. The highest BCUT2D eigenvalue weighted by Crippen LogP contribution is 2.40. The first kappa shape index (κ1) is 15.0. The number of benzene rings is 2. The molecule has 110 valence electrons. The van der Waals surface area contributed by atoms with Gasteiger partial charge in [0.15, 0.2) is 0 Å². The van der Waals surface area contributed by atoms with Crippen molar-refractivity contribution in [2.45, 2.75) is 31.2 Å². The predicted molar refractivity (Wildman–Crippen MR) is 89.0 cm³/mol. The van der Waals surface area contributed by atoms with Gasteiger partial charge in [-0.3, -0.25) is 0 Å². The van der Waals surface area contributed by atoms with Crippen LogP contribution in [0.15, 0.2) is 36.4 Å². The van der Waals surface area contributed by atoms with Crippen molar-refractivity contribution >= 4 is 34.8 Å². The second-order valence-corrected chi connectivity index (χ2v) is 7.21. The molecule has 0 amide bonds. The highest BCUT2D eigenvalue weighted by molar-refractivity contribution is 6.36. The van der Waals surface area contributed by atoms with Gasteiger partial charge in [-0.1, -0.05) is 41.4 Å². The Morgan fingerprint density at radius 3 is 2.57 bits per heavy atom. The van der Waals surface area contributed by atoms with E-state index in [9.17, 15) is 0 Å². The number of rotatable bonds is 2. The third-order valence-corrected chi connectivity index (χ3v) is 4.66. The molecule has 2 aromatic carbocycles. The van der Waals surface area contributed by atoms with Crippen LogP contribution in [0.1, 0.15) is 35.9 Å². The third kappa shape index (κ3) is 3.01. The van der Waals surface area contributed by atoms with E-state index in [1.807, 2.05) is 18.2 Å². The highest BCUT2D eigenvalue weighted by Gasteiger charge is 2.30. The molecule has 0 radical (unpaired) electrons. The summed E-state index contributed by atoms with van der Waals surface area (Å²) in [5, 5.41) is 0.889. The lowest BCUT2D eigenvalue weighted by atomic mass is 9.97. The Kier molecular flexibility index (Phi) is 3.85. The van der Waals surface area contributed by atoms with Crippen molar-refractivity contribution in [3.05, 3.63) is 63.1 Å². The zero-order chi connectivity index (χ0) is 15.2. The fourth-order valence-corrected chi connectivity index (χ4v) is 3.57. The molecule has 0 bridgehead atoms. The van der Waals surface area contributed by atoms with Crippen LogP contribution in [0.5, 0.6) is 5.75 Å². The molecule has 2 aromatic rings. The minimum Gasteiger partial charge on any atom is -0.487 e. The van der Waals surface area contributed by atoms with Crippen molar-refractivity contribution in [1.82, 2.24) is 0 Å². The maximum atomic E-state index is 6.59. The van der Waals surface area contributed by atoms with Crippen LogP contribution in [0.3, 0.4) is 0 Å². The Bertz CT molecular complexity index is 694. The lowest BCUT2D eigenvalue weighted by molar-refractivity contribution is 0.138. The van der Waals surface area contributed by atoms with Gasteiger partial charge >= 0.3 is 0 Å². The minimum atomic E-state index is -0.302. The number of ether oxygens (including phenoxy) is 1. The highest BCUT2D eigenvalue weighted by atomic mass is 35.5. The normalized spacial score (nSPS) is 17.2. The standard InChI is InChI=1S/C17H15Cl3O/c1-17(2)9-11-7-10(3-6-15(11)21-17)16(20)13-5-4-12(18)8-14(13)19/h3-8,16H,9H2,1-2H3. The Morgan fingerprint density at radius 1 is 1.10 bits per heavy atom. The maximum Gasteiger partial charge on any atom is 0.123 e. The largest absolute Gasteiger partial charge is 0.487 e. The van der Waals surface area contributed by atoms with Crippen LogP contribution in [0.4, 0.5) is 0 Å². The van der Waals surface area contributed by atoms with E-state index in [4.69, 9.17) is 39.5 Å². The lowest BCUT2D eigenvalue weighted by Gasteiger charge is -2.16. The Hall–Kier alpha value is -0.890. The van der Waals surface area contributed by atoms with E-state index in [1.165, 1.54) is 5.56 Å². The van der Waals surface area contributed by atoms with E-state index in [0.717, 1.165) is 23.3 Å². The molecule has 3 rings (SSSR count). The van der Waals surface area contributed by atoms with Crippen LogP contribution in [0.2, 0.25) is 10.0 Å². The van der Waals surface area contributed by atoms with Crippen LogP contribution in [0.25, 0.3) is 0 Å². The molecule has 1 atom stereocenters. The van der Waals surface area contributed by atoms with Gasteiger partial charge in [-0.05, 0) is 48.7 Å². The van der Waals surface area contributed by atoms with Crippen LogP contribution in [-0.2, 0) is 6.42 Å². The van der Waals surface area contributed by atoms with Crippen molar-refractivity contribution < 1.29 is 4.74 Å². The average molecular weight is 342 g/mol. The summed E-state index contributed by atoms with van der Waals surface area (Å²) in [4.78, 5) is 0. The van der Waals surface area contributed by atoms with Gasteiger partial charge in [0.25, 0.3) is 0 Å². The summed E-state index contributed by atoms with van der Waals surface area (Å²) in [7, 11) is 0. The summed E-state index contributed by atoms with van der Waals surface area (Å²) in [6.07, 6.45) is 0.883. The van der Waals surface area contributed by atoms with Crippen molar-refractivity contribution in [3.8, 4) is 5.75 Å². The molecule has 0 saturated heterocycles. The molecule has 0 spiro atoms. The van der Waals surface area contributed by atoms with Crippen molar-refractivity contribution in [2.24, 2.45) is 0 Å². The van der Waals surface area contributed by atoms with Gasteiger partial charge in [-0.2, -0.15) is 0 Å². The molecule has 21 heavy (non-hydrogen) atoms. The molecule has 0 saturated carbocycles. The molecule has 1 heterocycles. The first-order valence-corrected chi connectivity index (χ1v) is 7.96. The molecule has 1 nitrogen and oxygen atoms in total. The smallest absolute Gasteiger partial charge is 0.123 e. The minimum absolute atomic E-state index is 0.152. The molecule has 0 aliphatic carbocycles. The number of halogens is 3. The van der Waals surface area contributed by atoms with Crippen molar-refractivity contribution in [1.29, 1.82) is 0 Å². The zero-order valence-electron chi connectivity index (χ0n) is 11.8. The average Bonchev–Trinajstić information content (AvgIpc) is 2.70. The maximum absolute atomic E-state index is 6.59. The Balaban J connectivity index is 1.95. The van der Waals surface area contributed by atoms with Gasteiger partial charge in [-0.15, -0.1) is 11.6 Å². The quantitative estimate of drug-likeness (QED) is 0.605. The second kappa shape index (κ2) is 5.39. The first-order chi connectivity index (χ1) is 9.85. The van der Waals surface area contributed by atoms with Crippen LogP contribution in [0, 0.1) is 0 Å². The number of alkyl halides is 1. The van der Waals surface area contributed by atoms with E-state index in [1.54, 1.807) is 12.1 Å². The molecule has 0 N–H and O–H groups in total. The Labute approximate surface area is 139 Å². The molecule has 1 unspecified atom stereocenters.